The highest BCUT2D eigenvalue weighted by Gasteiger charge is 2.25. The lowest BCUT2D eigenvalue weighted by Crippen LogP contribution is -2.44. The number of hydrogen-bond acceptors (Lipinski definition) is 7. The number of carbonyl (C=O) groups is 3. The Labute approximate surface area is 191 Å². The number of rotatable bonds is 12. The lowest BCUT2D eigenvalue weighted by Gasteiger charge is -2.17. The van der Waals surface area contributed by atoms with Crippen molar-refractivity contribution in [2.75, 3.05) is 12.3 Å². The van der Waals surface area contributed by atoms with Crippen LogP contribution in [0, 0.1) is 0 Å². The van der Waals surface area contributed by atoms with Crippen molar-refractivity contribution in [2.24, 2.45) is 0 Å². The van der Waals surface area contributed by atoms with Crippen LogP contribution in [0.4, 0.5) is 4.79 Å². The number of hydrogen-bond donors (Lipinski definition) is 4. The van der Waals surface area contributed by atoms with Crippen molar-refractivity contribution in [3.05, 3.63) is 66.2 Å². The molecule has 178 valence electrons. The molecule has 0 unspecified atom stereocenters. The van der Waals surface area contributed by atoms with E-state index in [9.17, 15) is 33.0 Å². The molecule has 2 amide bonds. The summed E-state index contributed by atoms with van der Waals surface area (Å²) in [5.41, 5.74) is 0.779. The number of amides is 2. The molecule has 11 heteroatoms. The van der Waals surface area contributed by atoms with E-state index >= 15 is 0 Å². The molecule has 0 spiro atoms. The fourth-order valence-corrected chi connectivity index (χ4v) is 4.14. The summed E-state index contributed by atoms with van der Waals surface area (Å²) in [4.78, 5) is 35.3. The fourth-order valence-electron chi connectivity index (χ4n) is 2.79. The zero-order valence-electron chi connectivity index (χ0n) is 17.7. The van der Waals surface area contributed by atoms with Gasteiger partial charge in [0, 0.05) is 6.54 Å². The van der Waals surface area contributed by atoms with Gasteiger partial charge in [-0.25, -0.2) is 18.0 Å². The Morgan fingerprint density at radius 3 is 2.18 bits per heavy atom. The molecule has 0 radical (unpaired) electrons. The van der Waals surface area contributed by atoms with Crippen LogP contribution in [0.15, 0.2) is 65.6 Å². The van der Waals surface area contributed by atoms with Crippen LogP contribution in [0.5, 0.6) is 0 Å². The maximum absolute atomic E-state index is 12.3. The van der Waals surface area contributed by atoms with Crippen LogP contribution < -0.4 is 10.6 Å². The Bertz CT molecular complexity index is 1030. The Morgan fingerprint density at radius 2 is 1.58 bits per heavy atom. The van der Waals surface area contributed by atoms with Gasteiger partial charge in [0.1, 0.15) is 12.6 Å². The number of aliphatic hydroxyl groups is 1. The van der Waals surface area contributed by atoms with Crippen LogP contribution in [0.3, 0.4) is 0 Å². The highest BCUT2D eigenvalue weighted by Crippen LogP contribution is 2.12. The number of carboxylic acid groups (broad SMARTS) is 1. The Balaban J connectivity index is 1.75. The minimum atomic E-state index is -3.72. The topological polar surface area (TPSA) is 159 Å². The highest BCUT2D eigenvalue weighted by atomic mass is 32.2. The summed E-state index contributed by atoms with van der Waals surface area (Å²) in [5, 5.41) is 23.8. The van der Waals surface area contributed by atoms with Crippen LogP contribution in [0.1, 0.15) is 18.4 Å². The monoisotopic (exact) mass is 478 g/mol. The van der Waals surface area contributed by atoms with E-state index in [0.717, 1.165) is 5.56 Å². The highest BCUT2D eigenvalue weighted by molar-refractivity contribution is 7.91. The van der Waals surface area contributed by atoms with E-state index in [1.807, 2.05) is 6.07 Å². The largest absolute Gasteiger partial charge is 0.480 e. The van der Waals surface area contributed by atoms with Gasteiger partial charge in [0.2, 0.25) is 5.91 Å². The molecule has 0 aliphatic rings. The second-order valence-electron chi connectivity index (χ2n) is 7.18. The molecule has 2 rings (SSSR count). The van der Waals surface area contributed by atoms with E-state index in [0.29, 0.717) is 0 Å². The molecule has 4 N–H and O–H groups in total. The number of aliphatic hydroxyl groups excluding tert-OH is 1. The molecule has 2 atom stereocenters. The average Bonchev–Trinajstić information content (AvgIpc) is 2.80. The molecule has 10 nitrogen and oxygen atoms in total. The second kappa shape index (κ2) is 12.6. The van der Waals surface area contributed by atoms with Gasteiger partial charge in [-0.1, -0.05) is 48.5 Å². The van der Waals surface area contributed by atoms with Crippen LogP contribution in [-0.2, 0) is 30.8 Å². The molecule has 0 heterocycles. The van der Waals surface area contributed by atoms with Gasteiger partial charge >= 0.3 is 12.1 Å². The molecule has 2 aromatic rings. The van der Waals surface area contributed by atoms with Gasteiger partial charge in [0.25, 0.3) is 0 Å². The fraction of sp³-hybridized carbons (Fsp3) is 0.318. The van der Waals surface area contributed by atoms with Crippen LogP contribution in [-0.4, -0.2) is 61.0 Å². The third-order valence-electron chi connectivity index (χ3n) is 4.53. The van der Waals surface area contributed by atoms with Gasteiger partial charge in [-0.2, -0.15) is 0 Å². The van der Waals surface area contributed by atoms with Crippen LogP contribution in [0.2, 0.25) is 0 Å². The summed E-state index contributed by atoms with van der Waals surface area (Å²) in [7, 11) is -3.72. The minimum absolute atomic E-state index is 0.0371. The standard InChI is InChI=1S/C22H26N2O8S/c25-17(14-23-22(29)32-15-16-7-3-1-4-8-16)13-20(26)24-19(21(27)28)11-12-33(30,31)18-9-5-2-6-10-18/h1-10,17,19,25H,11-15H2,(H,23,29)(H,24,26)(H,27,28)/t17-,19-/m1/s1. The zero-order chi connectivity index (χ0) is 24.3. The van der Waals surface area contributed by atoms with Crippen LogP contribution in [0.25, 0.3) is 0 Å². The van der Waals surface area contributed by atoms with Gasteiger partial charge in [0.15, 0.2) is 9.84 Å². The maximum atomic E-state index is 12.3. The first-order chi connectivity index (χ1) is 15.7. The molecule has 0 aromatic heterocycles. The predicted octanol–water partition coefficient (Wildman–Crippen LogP) is 1.10. The molecule has 2 aromatic carbocycles. The Hall–Kier alpha value is -3.44. The first-order valence-electron chi connectivity index (χ1n) is 10.1. The second-order valence-corrected chi connectivity index (χ2v) is 9.29. The van der Waals surface area contributed by atoms with E-state index in [1.54, 1.807) is 42.5 Å². The van der Waals surface area contributed by atoms with Gasteiger partial charge < -0.3 is 25.6 Å². The van der Waals surface area contributed by atoms with Crippen LogP contribution >= 0.6 is 0 Å². The third-order valence-corrected chi connectivity index (χ3v) is 6.29. The normalized spacial score (nSPS) is 12.9. The zero-order valence-corrected chi connectivity index (χ0v) is 18.5. The first-order valence-corrected chi connectivity index (χ1v) is 11.7. The molecule has 0 bridgehead atoms. The minimum Gasteiger partial charge on any atom is -0.480 e. The lowest BCUT2D eigenvalue weighted by molar-refractivity contribution is -0.142. The van der Waals surface area contributed by atoms with E-state index in [2.05, 4.69) is 10.6 Å². The van der Waals surface area contributed by atoms with E-state index in [4.69, 9.17) is 4.74 Å². The van der Waals surface area contributed by atoms with Crippen molar-refractivity contribution in [2.45, 2.75) is 36.5 Å². The smallest absolute Gasteiger partial charge is 0.407 e. The summed E-state index contributed by atoms with van der Waals surface area (Å²) in [6.45, 7) is -0.253. The van der Waals surface area contributed by atoms with Gasteiger partial charge in [-0.15, -0.1) is 0 Å². The molecular formula is C22H26N2O8S. The molecule has 0 saturated carbocycles. The van der Waals surface area contributed by atoms with Crippen molar-refractivity contribution >= 4 is 27.8 Å². The molecule has 0 fully saturated rings. The van der Waals surface area contributed by atoms with E-state index in [-0.39, 0.29) is 24.5 Å². The number of carbonyl (C=O) groups excluding carboxylic acids is 2. The summed E-state index contributed by atoms with van der Waals surface area (Å²) in [6.07, 6.45) is -2.92. The van der Waals surface area contributed by atoms with Crippen molar-refractivity contribution in [1.29, 1.82) is 0 Å². The molecule has 0 saturated heterocycles. The van der Waals surface area contributed by atoms with Gasteiger partial charge in [-0.05, 0) is 24.1 Å². The molecule has 33 heavy (non-hydrogen) atoms. The summed E-state index contributed by atoms with van der Waals surface area (Å²) < 4.78 is 29.6. The number of nitrogens with one attached hydrogen (secondary N) is 2. The number of aliphatic carboxylic acids is 1. The maximum Gasteiger partial charge on any atom is 0.407 e. The summed E-state index contributed by atoms with van der Waals surface area (Å²) >= 11 is 0. The number of sulfone groups is 1. The SMILES string of the molecule is O=C(C[C@@H](O)CNC(=O)OCc1ccccc1)N[C@H](CCS(=O)(=O)c1ccccc1)C(=O)O. The summed E-state index contributed by atoms with van der Waals surface area (Å²) in [5.74, 6) is -2.68. The van der Waals surface area contributed by atoms with Crippen molar-refractivity contribution in [3.8, 4) is 0 Å². The van der Waals surface area contributed by atoms with Gasteiger partial charge in [-0.3, -0.25) is 4.79 Å². The number of carboxylic acids is 1. The molecular weight excluding hydrogens is 452 g/mol. The third kappa shape index (κ3) is 9.29. The predicted molar refractivity (Wildman–Crippen MR) is 118 cm³/mol. The van der Waals surface area contributed by atoms with Crippen molar-refractivity contribution < 1.29 is 37.8 Å². The Kier molecular flexibility index (Phi) is 9.83. The first kappa shape index (κ1) is 25.8. The van der Waals surface area contributed by atoms with Gasteiger partial charge in [0.05, 0.1) is 23.2 Å². The van der Waals surface area contributed by atoms with Crippen molar-refractivity contribution in [1.82, 2.24) is 10.6 Å². The van der Waals surface area contributed by atoms with E-state index in [1.165, 1.54) is 12.1 Å². The van der Waals surface area contributed by atoms with Crippen molar-refractivity contribution in [3.63, 3.8) is 0 Å². The number of alkyl carbamates (subject to hydrolysis) is 1. The molecule has 0 aliphatic heterocycles. The average molecular weight is 479 g/mol. The number of benzene rings is 2. The quantitative estimate of drug-likeness (QED) is 0.353. The number of ether oxygens (including phenoxy) is 1. The summed E-state index contributed by atoms with van der Waals surface area (Å²) in [6, 6.07) is 15.1. The Morgan fingerprint density at radius 1 is 0.970 bits per heavy atom. The molecule has 0 aliphatic carbocycles. The van der Waals surface area contributed by atoms with E-state index < -0.39 is 52.1 Å². The lowest BCUT2D eigenvalue weighted by atomic mass is 10.2.